The van der Waals surface area contributed by atoms with Crippen molar-refractivity contribution in [3.8, 4) is 11.3 Å². The zero-order valence-electron chi connectivity index (χ0n) is 15.5. The number of esters is 1. The lowest BCUT2D eigenvalue weighted by molar-refractivity contribution is -0.150. The van der Waals surface area contributed by atoms with Crippen LogP contribution in [0.2, 0.25) is 0 Å². The van der Waals surface area contributed by atoms with Crippen LogP contribution in [0.5, 0.6) is 0 Å². The van der Waals surface area contributed by atoms with Gasteiger partial charge in [0.2, 0.25) is 0 Å². The molecule has 1 saturated carbocycles. The van der Waals surface area contributed by atoms with Crippen molar-refractivity contribution in [2.45, 2.75) is 25.2 Å². The normalized spacial score (nSPS) is 14.3. The Morgan fingerprint density at radius 1 is 1.14 bits per heavy atom. The quantitative estimate of drug-likeness (QED) is 0.634. The molecule has 142 valence electrons. The predicted molar refractivity (Wildman–Crippen MR) is 109 cm³/mol. The lowest BCUT2D eigenvalue weighted by atomic mass is 9.96. The summed E-state index contributed by atoms with van der Waals surface area (Å²) < 4.78 is 5.31. The number of carbonyl (C=O) groups is 2. The van der Waals surface area contributed by atoms with E-state index in [0.717, 1.165) is 34.7 Å². The second-order valence-corrected chi connectivity index (χ2v) is 7.97. The third-order valence-electron chi connectivity index (χ3n) is 4.86. The monoisotopic (exact) mass is 392 g/mol. The summed E-state index contributed by atoms with van der Waals surface area (Å²) in [5, 5.41) is 5.76. The van der Waals surface area contributed by atoms with Crippen LogP contribution in [-0.4, -0.2) is 23.5 Å². The van der Waals surface area contributed by atoms with E-state index < -0.39 is 5.41 Å². The van der Waals surface area contributed by atoms with Crippen LogP contribution in [0.25, 0.3) is 11.3 Å². The van der Waals surface area contributed by atoms with E-state index >= 15 is 0 Å². The Labute approximate surface area is 167 Å². The fraction of sp³-hybridized carbons (Fsp3) is 0.227. The maximum absolute atomic E-state index is 12.5. The summed E-state index contributed by atoms with van der Waals surface area (Å²) in [6.07, 6.45) is 1.51. The number of aryl methyl sites for hydroxylation is 1. The van der Waals surface area contributed by atoms with Gasteiger partial charge >= 0.3 is 5.97 Å². The molecule has 1 amide bonds. The van der Waals surface area contributed by atoms with Crippen LogP contribution < -0.4 is 5.32 Å². The Morgan fingerprint density at radius 3 is 2.61 bits per heavy atom. The zero-order chi connectivity index (χ0) is 19.6. The van der Waals surface area contributed by atoms with Gasteiger partial charge in [-0.2, -0.15) is 0 Å². The van der Waals surface area contributed by atoms with E-state index in [-0.39, 0.29) is 18.5 Å². The third kappa shape index (κ3) is 3.82. The number of nitrogens with one attached hydrogen (secondary N) is 1. The molecule has 1 aliphatic rings. The molecule has 0 saturated heterocycles. The molecule has 0 spiro atoms. The maximum Gasteiger partial charge on any atom is 0.317 e. The Morgan fingerprint density at radius 2 is 1.93 bits per heavy atom. The van der Waals surface area contributed by atoms with E-state index in [2.05, 4.69) is 10.3 Å². The minimum absolute atomic E-state index is 0.298. The van der Waals surface area contributed by atoms with E-state index in [1.54, 1.807) is 17.4 Å². The number of hydrogen-bond donors (Lipinski definition) is 1. The first-order chi connectivity index (χ1) is 13.6. The van der Waals surface area contributed by atoms with Gasteiger partial charge < -0.3 is 10.1 Å². The highest BCUT2D eigenvalue weighted by Crippen LogP contribution is 2.49. The summed E-state index contributed by atoms with van der Waals surface area (Å²) in [4.78, 5) is 29.2. The Hall–Kier alpha value is -2.99. The molecule has 1 aliphatic carbocycles. The van der Waals surface area contributed by atoms with Crippen LogP contribution in [0.4, 0.5) is 5.69 Å². The number of anilines is 1. The summed E-state index contributed by atoms with van der Waals surface area (Å²) in [5.41, 5.74) is 2.83. The number of nitrogens with zero attached hydrogens (tertiary/aromatic N) is 1. The van der Waals surface area contributed by atoms with E-state index in [9.17, 15) is 9.59 Å². The summed E-state index contributed by atoms with van der Waals surface area (Å²) in [6.45, 7) is 1.66. The molecule has 4 rings (SSSR count). The molecule has 2 aromatic carbocycles. The van der Waals surface area contributed by atoms with E-state index in [1.807, 2.05) is 60.8 Å². The number of benzene rings is 2. The van der Waals surface area contributed by atoms with Gasteiger partial charge in [0.05, 0.1) is 16.1 Å². The van der Waals surface area contributed by atoms with Gasteiger partial charge in [0.25, 0.3) is 5.91 Å². The fourth-order valence-corrected chi connectivity index (χ4v) is 3.83. The highest BCUT2D eigenvalue weighted by molar-refractivity contribution is 7.09. The molecule has 5 nitrogen and oxygen atoms in total. The van der Waals surface area contributed by atoms with Crippen LogP contribution in [0.3, 0.4) is 0 Å². The minimum Gasteiger partial charge on any atom is -0.455 e. The second kappa shape index (κ2) is 7.56. The first kappa shape index (κ1) is 18.4. The predicted octanol–water partition coefficient (Wildman–Crippen LogP) is 4.33. The maximum atomic E-state index is 12.5. The number of thiazole rings is 1. The molecule has 28 heavy (non-hydrogen) atoms. The molecule has 0 bridgehead atoms. The Bertz CT molecular complexity index is 1010. The van der Waals surface area contributed by atoms with Gasteiger partial charge in [-0.15, -0.1) is 11.3 Å². The molecule has 0 unspecified atom stereocenters. The molecule has 1 fully saturated rings. The largest absolute Gasteiger partial charge is 0.455 e. The molecule has 1 aromatic heterocycles. The molecular weight excluding hydrogens is 372 g/mol. The lowest BCUT2D eigenvalue weighted by Gasteiger charge is -2.14. The van der Waals surface area contributed by atoms with Crippen LogP contribution in [0.1, 0.15) is 23.4 Å². The average Bonchev–Trinajstić information content (AvgIpc) is 3.42. The summed E-state index contributed by atoms with van der Waals surface area (Å²) in [5.74, 6) is -0.690. The Balaban J connectivity index is 1.36. The van der Waals surface area contributed by atoms with Crippen molar-refractivity contribution in [1.29, 1.82) is 0 Å². The SMILES string of the molecule is Cc1nc(-c2cccc(NC(=O)COC(=O)C3(c4ccccc4)CC3)c2)cs1. The number of hydrogen-bond acceptors (Lipinski definition) is 5. The molecule has 0 atom stereocenters. The third-order valence-corrected chi connectivity index (χ3v) is 5.64. The van der Waals surface area contributed by atoms with Gasteiger partial charge in [0, 0.05) is 16.6 Å². The number of rotatable bonds is 6. The van der Waals surface area contributed by atoms with Crippen molar-refractivity contribution >= 4 is 28.9 Å². The first-order valence-corrected chi connectivity index (χ1v) is 10.00. The van der Waals surface area contributed by atoms with Crippen molar-refractivity contribution in [1.82, 2.24) is 4.98 Å². The van der Waals surface area contributed by atoms with Gasteiger partial charge in [-0.25, -0.2) is 4.98 Å². The number of ether oxygens (including phenoxy) is 1. The highest BCUT2D eigenvalue weighted by atomic mass is 32.1. The summed E-state index contributed by atoms with van der Waals surface area (Å²) >= 11 is 1.58. The number of carbonyl (C=O) groups excluding carboxylic acids is 2. The van der Waals surface area contributed by atoms with Crippen LogP contribution in [0.15, 0.2) is 60.0 Å². The van der Waals surface area contributed by atoms with Gasteiger partial charge in [0.1, 0.15) is 0 Å². The summed E-state index contributed by atoms with van der Waals surface area (Å²) in [6, 6.07) is 17.1. The lowest BCUT2D eigenvalue weighted by Crippen LogP contribution is -2.28. The van der Waals surface area contributed by atoms with Crippen molar-refractivity contribution in [2.24, 2.45) is 0 Å². The minimum atomic E-state index is -0.579. The molecule has 0 aliphatic heterocycles. The highest BCUT2D eigenvalue weighted by Gasteiger charge is 2.52. The molecule has 1 heterocycles. The van der Waals surface area contributed by atoms with Crippen LogP contribution in [0, 0.1) is 6.92 Å². The second-order valence-electron chi connectivity index (χ2n) is 6.91. The molecule has 3 aromatic rings. The topological polar surface area (TPSA) is 68.3 Å². The first-order valence-electron chi connectivity index (χ1n) is 9.12. The van der Waals surface area contributed by atoms with Crippen molar-refractivity contribution in [3.63, 3.8) is 0 Å². The van der Waals surface area contributed by atoms with Crippen molar-refractivity contribution < 1.29 is 14.3 Å². The molecule has 6 heteroatoms. The van der Waals surface area contributed by atoms with Gasteiger partial charge in [-0.3, -0.25) is 9.59 Å². The van der Waals surface area contributed by atoms with Gasteiger partial charge in [-0.1, -0.05) is 42.5 Å². The average molecular weight is 392 g/mol. The number of amides is 1. The molecule has 0 radical (unpaired) electrons. The number of aromatic nitrogens is 1. The van der Waals surface area contributed by atoms with E-state index in [4.69, 9.17) is 4.74 Å². The van der Waals surface area contributed by atoms with Crippen LogP contribution in [-0.2, 0) is 19.7 Å². The van der Waals surface area contributed by atoms with Crippen molar-refractivity contribution in [2.75, 3.05) is 11.9 Å². The van der Waals surface area contributed by atoms with Gasteiger partial charge in [-0.05, 0) is 37.5 Å². The standard InChI is InChI=1S/C22H20N2O3S/c1-15-23-19(14-28-15)16-6-5-9-18(12-16)24-20(25)13-27-21(26)22(10-11-22)17-7-3-2-4-8-17/h2-9,12,14H,10-11,13H2,1H3,(H,24,25). The van der Waals surface area contributed by atoms with Gasteiger partial charge in [0.15, 0.2) is 6.61 Å². The van der Waals surface area contributed by atoms with E-state index in [1.165, 1.54) is 0 Å². The zero-order valence-corrected chi connectivity index (χ0v) is 16.3. The molecular formula is C22H20N2O3S. The van der Waals surface area contributed by atoms with Crippen molar-refractivity contribution in [3.05, 3.63) is 70.5 Å². The Kier molecular flexibility index (Phi) is 4.96. The summed E-state index contributed by atoms with van der Waals surface area (Å²) in [7, 11) is 0. The van der Waals surface area contributed by atoms with Crippen LogP contribution >= 0.6 is 11.3 Å². The smallest absolute Gasteiger partial charge is 0.317 e. The fourth-order valence-electron chi connectivity index (χ4n) is 3.21. The van der Waals surface area contributed by atoms with E-state index in [0.29, 0.717) is 5.69 Å². The molecule has 1 N–H and O–H groups in total.